The molecule has 0 aliphatic heterocycles. The van der Waals surface area contributed by atoms with Crippen molar-refractivity contribution in [3.63, 3.8) is 0 Å². The topological polar surface area (TPSA) is 96.2 Å². The Balaban J connectivity index is 2.31. The number of amides is 2. The summed E-state index contributed by atoms with van der Waals surface area (Å²) < 4.78 is 0. The molecule has 1 aliphatic carbocycles. The normalized spacial score (nSPS) is 19.7. The third-order valence-corrected chi connectivity index (χ3v) is 4.57. The molecule has 2 rings (SSSR count). The highest BCUT2D eigenvalue weighted by Crippen LogP contribution is 2.40. The van der Waals surface area contributed by atoms with E-state index in [9.17, 15) is 9.59 Å². The van der Waals surface area contributed by atoms with Crippen molar-refractivity contribution in [3.8, 4) is 0 Å². The molecule has 1 saturated carbocycles. The molecular formula is C14H20N4O2S. The van der Waals surface area contributed by atoms with Crippen LogP contribution in [0.2, 0.25) is 0 Å². The van der Waals surface area contributed by atoms with Crippen molar-refractivity contribution in [2.24, 2.45) is 5.92 Å². The molecule has 7 heteroatoms. The smallest absolute Gasteiger partial charge is 0.263 e. The van der Waals surface area contributed by atoms with E-state index in [1.165, 1.54) is 11.3 Å². The molecule has 21 heavy (non-hydrogen) atoms. The number of hydrogen-bond donors (Lipinski definition) is 4. The molecule has 0 saturated heterocycles. The fraction of sp³-hybridized carbons (Fsp3) is 0.429. The van der Waals surface area contributed by atoms with Gasteiger partial charge in [-0.3, -0.25) is 9.59 Å². The van der Waals surface area contributed by atoms with Crippen molar-refractivity contribution in [3.05, 3.63) is 23.1 Å². The Morgan fingerprint density at radius 2 is 2.14 bits per heavy atom. The fourth-order valence-corrected chi connectivity index (χ4v) is 3.10. The van der Waals surface area contributed by atoms with Crippen molar-refractivity contribution < 1.29 is 9.59 Å². The molecule has 0 bridgehead atoms. The molecule has 114 valence electrons. The monoisotopic (exact) mass is 308 g/mol. The highest BCUT2D eigenvalue weighted by Gasteiger charge is 2.35. The van der Waals surface area contributed by atoms with Gasteiger partial charge in [-0.25, -0.2) is 0 Å². The number of thiophene rings is 1. The van der Waals surface area contributed by atoms with Crippen LogP contribution in [0.4, 0.5) is 10.7 Å². The van der Waals surface area contributed by atoms with Crippen LogP contribution in [-0.2, 0) is 0 Å². The van der Waals surface area contributed by atoms with E-state index in [1.54, 1.807) is 13.1 Å². The summed E-state index contributed by atoms with van der Waals surface area (Å²) in [7, 11) is 1.54. The molecule has 6 nitrogen and oxygen atoms in total. The van der Waals surface area contributed by atoms with Gasteiger partial charge in [0.25, 0.3) is 11.8 Å². The molecular weight excluding hydrogens is 288 g/mol. The minimum absolute atomic E-state index is 0.219. The van der Waals surface area contributed by atoms with E-state index >= 15 is 0 Å². The predicted molar refractivity (Wildman–Crippen MR) is 85.8 cm³/mol. The Kier molecular flexibility index (Phi) is 4.52. The Labute approximate surface area is 127 Å². The Morgan fingerprint density at radius 3 is 2.67 bits per heavy atom. The van der Waals surface area contributed by atoms with Crippen molar-refractivity contribution >= 4 is 33.8 Å². The summed E-state index contributed by atoms with van der Waals surface area (Å²) in [5, 5.41) is 9.20. The van der Waals surface area contributed by atoms with Crippen molar-refractivity contribution in [1.29, 1.82) is 0 Å². The Bertz CT molecular complexity index is 582. The van der Waals surface area contributed by atoms with Crippen LogP contribution in [-0.4, -0.2) is 31.4 Å². The van der Waals surface area contributed by atoms with E-state index in [0.717, 1.165) is 6.42 Å². The summed E-state index contributed by atoms with van der Waals surface area (Å²) in [5.74, 6) is -0.00863. The number of nitrogens with two attached hydrogens (primary N) is 1. The fourth-order valence-electron chi connectivity index (χ4n) is 2.00. The van der Waals surface area contributed by atoms with Gasteiger partial charge in [0.15, 0.2) is 0 Å². The lowest BCUT2D eigenvalue weighted by molar-refractivity contribution is 0.0960. The lowest BCUT2D eigenvalue weighted by Gasteiger charge is -2.06. The van der Waals surface area contributed by atoms with Gasteiger partial charge in [0, 0.05) is 19.6 Å². The first kappa shape index (κ1) is 15.4. The summed E-state index contributed by atoms with van der Waals surface area (Å²) in [5.41, 5.74) is 6.58. The second-order valence-corrected chi connectivity index (χ2v) is 6.11. The van der Waals surface area contributed by atoms with E-state index in [4.69, 9.17) is 5.73 Å². The van der Waals surface area contributed by atoms with Crippen LogP contribution in [0.5, 0.6) is 0 Å². The average Bonchev–Trinajstić information content (AvgIpc) is 3.05. The van der Waals surface area contributed by atoms with Crippen LogP contribution < -0.4 is 21.7 Å². The van der Waals surface area contributed by atoms with E-state index < -0.39 is 0 Å². The van der Waals surface area contributed by atoms with Gasteiger partial charge in [0.1, 0.15) is 9.88 Å². The molecule has 0 aromatic carbocycles. The molecule has 0 spiro atoms. The molecule has 2 atom stereocenters. The number of carbonyl (C=O) groups is 2. The van der Waals surface area contributed by atoms with Crippen molar-refractivity contribution in [1.82, 2.24) is 10.6 Å². The van der Waals surface area contributed by atoms with Gasteiger partial charge >= 0.3 is 0 Å². The van der Waals surface area contributed by atoms with Crippen LogP contribution >= 0.6 is 11.3 Å². The van der Waals surface area contributed by atoms with Crippen LogP contribution in [0.3, 0.4) is 0 Å². The predicted octanol–water partition coefficient (Wildman–Crippen LogP) is 1.43. The SMILES string of the molecule is C=CCNC(=O)c1sc(NC2CC2C)c(C(=O)NC)c1N. The van der Waals surface area contributed by atoms with Gasteiger partial charge in [-0.1, -0.05) is 13.0 Å². The molecule has 1 aromatic heterocycles. The third-order valence-electron chi connectivity index (χ3n) is 3.44. The molecule has 0 radical (unpaired) electrons. The molecule has 5 N–H and O–H groups in total. The van der Waals surface area contributed by atoms with Gasteiger partial charge in [-0.2, -0.15) is 0 Å². The summed E-state index contributed by atoms with van der Waals surface area (Å²) in [6.07, 6.45) is 2.65. The van der Waals surface area contributed by atoms with Gasteiger partial charge in [-0.15, -0.1) is 17.9 Å². The summed E-state index contributed by atoms with van der Waals surface area (Å²) >= 11 is 1.22. The lowest BCUT2D eigenvalue weighted by atomic mass is 10.2. The first-order valence-corrected chi connectivity index (χ1v) is 7.61. The van der Waals surface area contributed by atoms with Crippen LogP contribution in [0, 0.1) is 5.92 Å². The molecule has 2 amide bonds. The van der Waals surface area contributed by atoms with E-state index in [0.29, 0.717) is 33.9 Å². The number of hydrogen-bond acceptors (Lipinski definition) is 5. The first-order valence-electron chi connectivity index (χ1n) is 6.79. The number of nitrogen functional groups attached to an aromatic ring is 1. The number of nitrogens with one attached hydrogen (secondary N) is 3. The van der Waals surface area contributed by atoms with Crippen molar-refractivity contribution in [2.75, 3.05) is 24.6 Å². The Morgan fingerprint density at radius 1 is 1.48 bits per heavy atom. The zero-order valence-corrected chi connectivity index (χ0v) is 13.0. The van der Waals surface area contributed by atoms with E-state index in [2.05, 4.69) is 29.5 Å². The maximum absolute atomic E-state index is 12.1. The van der Waals surface area contributed by atoms with Crippen molar-refractivity contribution in [2.45, 2.75) is 19.4 Å². The van der Waals surface area contributed by atoms with Crippen LogP contribution in [0.25, 0.3) is 0 Å². The van der Waals surface area contributed by atoms with E-state index in [-0.39, 0.29) is 17.5 Å². The minimum Gasteiger partial charge on any atom is -0.397 e. The summed E-state index contributed by atoms with van der Waals surface area (Å²) in [6, 6.07) is 0.343. The highest BCUT2D eigenvalue weighted by molar-refractivity contribution is 7.19. The number of rotatable bonds is 6. The standard InChI is InChI=1S/C14H20N4O2S/c1-4-5-17-13(20)11-10(15)9(12(19)16-3)14(21-11)18-8-6-7(8)2/h4,7-8,18H,1,5-6,15H2,2-3H3,(H,16,19)(H,17,20). The molecule has 1 heterocycles. The Hall–Kier alpha value is -2.02. The third kappa shape index (κ3) is 3.18. The zero-order valence-electron chi connectivity index (χ0n) is 12.2. The second-order valence-electron chi connectivity index (χ2n) is 5.09. The number of carbonyl (C=O) groups excluding carboxylic acids is 2. The molecule has 1 aromatic rings. The second kappa shape index (κ2) is 6.17. The van der Waals surface area contributed by atoms with Gasteiger partial charge in [0.05, 0.1) is 11.3 Å². The summed E-state index contributed by atoms with van der Waals surface area (Å²) in [6.45, 7) is 6.04. The lowest BCUT2D eigenvalue weighted by Crippen LogP contribution is -2.24. The van der Waals surface area contributed by atoms with Crippen LogP contribution in [0.1, 0.15) is 33.4 Å². The quantitative estimate of drug-likeness (QED) is 0.598. The number of anilines is 2. The average molecular weight is 308 g/mol. The van der Waals surface area contributed by atoms with Gasteiger partial charge < -0.3 is 21.7 Å². The molecule has 1 aliphatic rings. The maximum Gasteiger partial charge on any atom is 0.263 e. The zero-order chi connectivity index (χ0) is 15.6. The largest absolute Gasteiger partial charge is 0.397 e. The minimum atomic E-state index is -0.292. The highest BCUT2D eigenvalue weighted by atomic mass is 32.1. The van der Waals surface area contributed by atoms with E-state index in [1.807, 2.05) is 0 Å². The molecule has 1 fully saturated rings. The van der Waals surface area contributed by atoms with Gasteiger partial charge in [0.2, 0.25) is 0 Å². The maximum atomic E-state index is 12.1. The van der Waals surface area contributed by atoms with Gasteiger partial charge in [-0.05, 0) is 12.3 Å². The molecule has 2 unspecified atom stereocenters. The first-order chi connectivity index (χ1) is 9.99. The summed E-state index contributed by atoms with van der Waals surface area (Å²) in [4.78, 5) is 24.4. The van der Waals surface area contributed by atoms with Crippen LogP contribution in [0.15, 0.2) is 12.7 Å².